The van der Waals surface area contributed by atoms with E-state index in [-0.39, 0.29) is 5.91 Å². The van der Waals surface area contributed by atoms with Gasteiger partial charge in [0.15, 0.2) is 0 Å². The van der Waals surface area contributed by atoms with Crippen molar-refractivity contribution in [3.8, 4) is 6.07 Å². The summed E-state index contributed by atoms with van der Waals surface area (Å²) in [6, 6.07) is 4.98. The smallest absolute Gasteiger partial charge is 0.244 e. The molecule has 0 bridgehead atoms. The number of likely N-dealkylation sites (N-methyl/N-ethyl adjacent to an activating group) is 1. The second-order valence-corrected chi connectivity index (χ2v) is 3.73. The first-order valence-corrected chi connectivity index (χ1v) is 5.46. The molecule has 1 rings (SSSR count). The molecule has 0 radical (unpaired) electrons. The second kappa shape index (κ2) is 5.85. The number of hydrogen-bond acceptors (Lipinski definition) is 4. The number of amides is 1. The minimum Gasteiger partial charge on any atom is -0.358 e. The predicted octanol–water partition coefficient (Wildman–Crippen LogP) is 1.23. The molecule has 0 spiro atoms. The maximum atomic E-state index is 11.8. The molecule has 0 aromatic carbocycles. The first-order valence-electron chi connectivity index (χ1n) is 5.46. The summed E-state index contributed by atoms with van der Waals surface area (Å²) >= 11 is 0. The van der Waals surface area contributed by atoms with Crippen LogP contribution >= 0.6 is 0 Å². The third-order valence-corrected chi connectivity index (χ3v) is 2.50. The molecule has 1 aromatic rings. The molecule has 17 heavy (non-hydrogen) atoms. The molecule has 1 N–H and O–H groups in total. The zero-order chi connectivity index (χ0) is 12.8. The fourth-order valence-electron chi connectivity index (χ4n) is 1.36. The van der Waals surface area contributed by atoms with E-state index in [4.69, 9.17) is 5.26 Å². The zero-order valence-electron chi connectivity index (χ0n) is 10.3. The maximum absolute atomic E-state index is 11.8. The summed E-state index contributed by atoms with van der Waals surface area (Å²) in [6.07, 6.45) is 1.59. The van der Waals surface area contributed by atoms with Crippen molar-refractivity contribution in [1.29, 1.82) is 5.26 Å². The van der Waals surface area contributed by atoms with E-state index in [0.29, 0.717) is 17.9 Å². The standard InChI is InChI=1S/C12H16N4O/c1-4-16(3)12(17)9(2)15-11-10(8-13)6-5-7-14-11/h5-7,9H,4H2,1-3H3,(H,14,15). The molecule has 0 aliphatic rings. The Morgan fingerprint density at radius 3 is 3.00 bits per heavy atom. The van der Waals surface area contributed by atoms with Gasteiger partial charge in [-0.2, -0.15) is 5.26 Å². The van der Waals surface area contributed by atoms with Gasteiger partial charge in [-0.05, 0) is 26.0 Å². The topological polar surface area (TPSA) is 69.0 Å². The Morgan fingerprint density at radius 1 is 1.71 bits per heavy atom. The second-order valence-electron chi connectivity index (χ2n) is 3.73. The lowest BCUT2D eigenvalue weighted by Gasteiger charge is -2.21. The average Bonchev–Trinajstić information content (AvgIpc) is 2.37. The molecule has 5 heteroatoms. The molecule has 0 saturated heterocycles. The van der Waals surface area contributed by atoms with Gasteiger partial charge in [-0.15, -0.1) is 0 Å². The van der Waals surface area contributed by atoms with Crippen molar-refractivity contribution in [2.45, 2.75) is 19.9 Å². The lowest BCUT2D eigenvalue weighted by molar-refractivity contribution is -0.130. The molecule has 0 aliphatic heterocycles. The maximum Gasteiger partial charge on any atom is 0.244 e. The van der Waals surface area contributed by atoms with Crippen LogP contribution in [0.2, 0.25) is 0 Å². The van der Waals surface area contributed by atoms with Gasteiger partial charge in [-0.3, -0.25) is 4.79 Å². The summed E-state index contributed by atoms with van der Waals surface area (Å²) < 4.78 is 0. The molecule has 0 saturated carbocycles. The molecule has 0 aliphatic carbocycles. The van der Waals surface area contributed by atoms with Crippen molar-refractivity contribution < 1.29 is 4.79 Å². The minimum atomic E-state index is -0.401. The molecule has 90 valence electrons. The van der Waals surface area contributed by atoms with E-state index >= 15 is 0 Å². The Balaban J connectivity index is 2.78. The predicted molar refractivity (Wildman–Crippen MR) is 65.3 cm³/mol. The average molecular weight is 232 g/mol. The fraction of sp³-hybridized carbons (Fsp3) is 0.417. The van der Waals surface area contributed by atoms with E-state index in [2.05, 4.69) is 10.3 Å². The third-order valence-electron chi connectivity index (χ3n) is 2.50. The summed E-state index contributed by atoms with van der Waals surface area (Å²) in [5.41, 5.74) is 0.436. The van der Waals surface area contributed by atoms with E-state index < -0.39 is 6.04 Å². The van der Waals surface area contributed by atoms with E-state index in [9.17, 15) is 4.79 Å². The van der Waals surface area contributed by atoms with Gasteiger partial charge in [0.25, 0.3) is 0 Å². The Kier molecular flexibility index (Phi) is 4.46. The van der Waals surface area contributed by atoms with Crippen LogP contribution in [0.15, 0.2) is 18.3 Å². The summed E-state index contributed by atoms with van der Waals surface area (Å²) in [5.74, 6) is 0.419. The van der Waals surface area contributed by atoms with Crippen LogP contribution in [0.5, 0.6) is 0 Å². The number of hydrogen-bond donors (Lipinski definition) is 1. The number of pyridine rings is 1. The molecule has 1 unspecified atom stereocenters. The highest BCUT2D eigenvalue weighted by Crippen LogP contribution is 2.11. The van der Waals surface area contributed by atoms with Crippen molar-refractivity contribution in [2.75, 3.05) is 18.9 Å². The summed E-state index contributed by atoms with van der Waals surface area (Å²) in [5, 5.41) is 11.9. The van der Waals surface area contributed by atoms with Crippen molar-refractivity contribution >= 4 is 11.7 Å². The number of nitrogens with zero attached hydrogens (tertiary/aromatic N) is 3. The SMILES string of the molecule is CCN(C)C(=O)C(C)Nc1ncccc1C#N. The minimum absolute atomic E-state index is 0.0259. The van der Waals surface area contributed by atoms with Crippen LogP contribution in [0.1, 0.15) is 19.4 Å². The van der Waals surface area contributed by atoms with Gasteiger partial charge in [-0.1, -0.05) is 0 Å². The van der Waals surface area contributed by atoms with E-state index in [1.54, 1.807) is 37.2 Å². The van der Waals surface area contributed by atoms with Crippen molar-refractivity contribution in [1.82, 2.24) is 9.88 Å². The highest BCUT2D eigenvalue weighted by molar-refractivity contribution is 5.84. The fourth-order valence-corrected chi connectivity index (χ4v) is 1.36. The van der Waals surface area contributed by atoms with Crippen molar-refractivity contribution in [3.05, 3.63) is 23.9 Å². The van der Waals surface area contributed by atoms with Gasteiger partial charge < -0.3 is 10.2 Å². The van der Waals surface area contributed by atoms with Crippen molar-refractivity contribution in [2.24, 2.45) is 0 Å². The number of carbonyl (C=O) groups is 1. The zero-order valence-corrected chi connectivity index (χ0v) is 10.3. The van der Waals surface area contributed by atoms with Gasteiger partial charge in [0.1, 0.15) is 17.9 Å². The van der Waals surface area contributed by atoms with E-state index in [0.717, 1.165) is 0 Å². The molecular weight excluding hydrogens is 216 g/mol. The normalized spacial score (nSPS) is 11.4. The van der Waals surface area contributed by atoms with E-state index in [1.807, 2.05) is 13.0 Å². The van der Waals surface area contributed by atoms with E-state index in [1.165, 1.54) is 0 Å². The van der Waals surface area contributed by atoms with Crippen molar-refractivity contribution in [3.63, 3.8) is 0 Å². The number of carbonyl (C=O) groups excluding carboxylic acids is 1. The molecule has 1 amide bonds. The molecule has 0 fully saturated rings. The Bertz CT molecular complexity index is 438. The third kappa shape index (κ3) is 3.18. The van der Waals surface area contributed by atoms with Crippen LogP contribution in [0.25, 0.3) is 0 Å². The molecule has 5 nitrogen and oxygen atoms in total. The highest BCUT2D eigenvalue weighted by Gasteiger charge is 2.17. The number of anilines is 1. The number of nitrogens with one attached hydrogen (secondary N) is 1. The summed E-state index contributed by atoms with van der Waals surface area (Å²) in [7, 11) is 1.74. The summed E-state index contributed by atoms with van der Waals surface area (Å²) in [6.45, 7) is 4.31. The molecule has 1 atom stereocenters. The largest absolute Gasteiger partial charge is 0.358 e. The quantitative estimate of drug-likeness (QED) is 0.847. The Morgan fingerprint density at radius 2 is 2.41 bits per heavy atom. The van der Waals surface area contributed by atoms with Crippen LogP contribution in [-0.2, 0) is 4.79 Å². The molecule has 1 heterocycles. The number of nitriles is 1. The van der Waals surface area contributed by atoms with Gasteiger partial charge >= 0.3 is 0 Å². The number of rotatable bonds is 4. The Labute approximate surface area is 101 Å². The monoisotopic (exact) mass is 232 g/mol. The van der Waals surface area contributed by atoms with Gasteiger partial charge in [0.2, 0.25) is 5.91 Å². The summed E-state index contributed by atoms with van der Waals surface area (Å²) in [4.78, 5) is 17.5. The van der Waals surface area contributed by atoms with Crippen LogP contribution in [0, 0.1) is 11.3 Å². The van der Waals surface area contributed by atoms with Gasteiger partial charge in [-0.25, -0.2) is 4.98 Å². The van der Waals surface area contributed by atoms with Crippen LogP contribution in [0.4, 0.5) is 5.82 Å². The number of aromatic nitrogens is 1. The lowest BCUT2D eigenvalue weighted by Crippen LogP contribution is -2.39. The lowest BCUT2D eigenvalue weighted by atomic mass is 10.2. The molecular formula is C12H16N4O. The molecule has 1 aromatic heterocycles. The van der Waals surface area contributed by atoms with Crippen LogP contribution < -0.4 is 5.32 Å². The first kappa shape index (κ1) is 13.0. The van der Waals surface area contributed by atoms with Crippen LogP contribution in [-0.4, -0.2) is 35.4 Å². The van der Waals surface area contributed by atoms with Gasteiger partial charge in [0.05, 0.1) is 5.56 Å². The Hall–Kier alpha value is -2.09. The highest BCUT2D eigenvalue weighted by atomic mass is 16.2. The first-order chi connectivity index (χ1) is 8.10. The van der Waals surface area contributed by atoms with Crippen LogP contribution in [0.3, 0.4) is 0 Å². The van der Waals surface area contributed by atoms with Gasteiger partial charge in [0, 0.05) is 19.8 Å².